The fraction of sp³-hybridized carbons (Fsp3) is 0.200. The molecule has 0 spiro atoms. The first-order chi connectivity index (χ1) is 7.74. The highest BCUT2D eigenvalue weighted by Crippen LogP contribution is 2.30. The molecule has 1 aliphatic heterocycles. The fourth-order valence-corrected chi connectivity index (χ4v) is 2.62. The monoisotopic (exact) mass is 235 g/mol. The minimum atomic E-state index is -0.103. The number of hydrogen-bond donors (Lipinski definition) is 1. The van der Waals surface area contributed by atoms with E-state index in [1.165, 1.54) is 17.6 Å². The maximum atomic E-state index is 11.9. The number of thiazole rings is 1. The van der Waals surface area contributed by atoms with Gasteiger partial charge in [0, 0.05) is 0 Å². The number of nitrogens with two attached hydrogens (primary N) is 1. The van der Waals surface area contributed by atoms with Crippen LogP contribution >= 0.6 is 11.3 Å². The lowest BCUT2D eigenvalue weighted by Crippen LogP contribution is -2.25. The number of fused-ring (bicyclic) bond motifs is 1. The second-order valence-electron chi connectivity index (χ2n) is 3.56. The number of hydrogen-bond acceptors (Lipinski definition) is 5. The zero-order valence-electron chi connectivity index (χ0n) is 8.34. The van der Waals surface area contributed by atoms with Crippen LogP contribution in [0.2, 0.25) is 0 Å². The molecule has 0 saturated heterocycles. The molecule has 0 atom stereocenters. The summed E-state index contributed by atoms with van der Waals surface area (Å²) in [7, 11) is 0. The van der Waals surface area contributed by atoms with Crippen molar-refractivity contribution in [2.75, 3.05) is 5.73 Å². The SMILES string of the molecule is Nc1nc2c(s1)CN(C(=O)c1ccco1)C2. The third kappa shape index (κ3) is 1.38. The minimum Gasteiger partial charge on any atom is -0.459 e. The third-order valence-electron chi connectivity index (χ3n) is 2.49. The number of nitrogen functional groups attached to an aromatic ring is 1. The number of aromatic nitrogens is 1. The number of amides is 1. The Morgan fingerprint density at radius 3 is 3.12 bits per heavy atom. The summed E-state index contributed by atoms with van der Waals surface area (Å²) in [6.45, 7) is 1.09. The van der Waals surface area contributed by atoms with Gasteiger partial charge in [-0.2, -0.15) is 0 Å². The molecule has 0 radical (unpaired) electrons. The molecule has 1 aliphatic rings. The predicted molar refractivity (Wildman–Crippen MR) is 58.8 cm³/mol. The van der Waals surface area contributed by atoms with Gasteiger partial charge in [-0.15, -0.1) is 11.3 Å². The highest BCUT2D eigenvalue weighted by Gasteiger charge is 2.28. The Bertz CT molecular complexity index is 509. The van der Waals surface area contributed by atoms with E-state index in [9.17, 15) is 4.79 Å². The van der Waals surface area contributed by atoms with E-state index in [1.54, 1.807) is 17.0 Å². The van der Waals surface area contributed by atoms with Crippen LogP contribution in [0.15, 0.2) is 22.8 Å². The van der Waals surface area contributed by atoms with Crippen molar-refractivity contribution >= 4 is 22.4 Å². The van der Waals surface area contributed by atoms with E-state index in [2.05, 4.69) is 4.98 Å². The van der Waals surface area contributed by atoms with Crippen LogP contribution < -0.4 is 5.73 Å². The maximum absolute atomic E-state index is 11.9. The molecule has 0 unspecified atom stereocenters. The van der Waals surface area contributed by atoms with Crippen LogP contribution in [-0.2, 0) is 13.1 Å². The van der Waals surface area contributed by atoms with Gasteiger partial charge >= 0.3 is 0 Å². The quantitative estimate of drug-likeness (QED) is 0.812. The van der Waals surface area contributed by atoms with Gasteiger partial charge in [-0.05, 0) is 12.1 Å². The van der Waals surface area contributed by atoms with Gasteiger partial charge in [-0.1, -0.05) is 0 Å². The van der Waals surface area contributed by atoms with Crippen LogP contribution in [0.3, 0.4) is 0 Å². The lowest BCUT2D eigenvalue weighted by atomic mass is 10.4. The molecule has 82 valence electrons. The summed E-state index contributed by atoms with van der Waals surface area (Å²) >= 11 is 1.44. The molecule has 16 heavy (non-hydrogen) atoms. The smallest absolute Gasteiger partial charge is 0.290 e. The predicted octanol–water partition coefficient (Wildman–Crippen LogP) is 1.47. The molecular formula is C10H9N3O2S. The Morgan fingerprint density at radius 1 is 1.56 bits per heavy atom. The van der Waals surface area contributed by atoms with Gasteiger partial charge in [0.2, 0.25) is 0 Å². The van der Waals surface area contributed by atoms with Gasteiger partial charge < -0.3 is 15.1 Å². The van der Waals surface area contributed by atoms with Crippen molar-refractivity contribution in [1.82, 2.24) is 9.88 Å². The average molecular weight is 235 g/mol. The zero-order chi connectivity index (χ0) is 11.1. The van der Waals surface area contributed by atoms with Crippen LogP contribution in [0.4, 0.5) is 5.13 Å². The molecule has 0 saturated carbocycles. The topological polar surface area (TPSA) is 72.4 Å². The molecule has 5 nitrogen and oxygen atoms in total. The average Bonchev–Trinajstić information content (AvgIpc) is 2.89. The largest absolute Gasteiger partial charge is 0.459 e. The van der Waals surface area contributed by atoms with Crippen LogP contribution in [-0.4, -0.2) is 15.8 Å². The van der Waals surface area contributed by atoms with Crippen LogP contribution in [0.1, 0.15) is 21.1 Å². The normalized spacial score (nSPS) is 14.1. The second kappa shape index (κ2) is 3.34. The first-order valence-corrected chi connectivity index (χ1v) is 5.62. The van der Waals surface area contributed by atoms with E-state index in [4.69, 9.17) is 10.2 Å². The van der Waals surface area contributed by atoms with E-state index in [1.807, 2.05) is 0 Å². The number of anilines is 1. The van der Waals surface area contributed by atoms with Crippen molar-refractivity contribution < 1.29 is 9.21 Å². The first-order valence-electron chi connectivity index (χ1n) is 4.81. The Balaban J connectivity index is 1.81. The highest BCUT2D eigenvalue weighted by molar-refractivity contribution is 7.15. The molecular weight excluding hydrogens is 226 g/mol. The summed E-state index contributed by atoms with van der Waals surface area (Å²) in [6, 6.07) is 3.37. The Labute approximate surface area is 95.5 Å². The van der Waals surface area contributed by atoms with Crippen molar-refractivity contribution in [2.45, 2.75) is 13.1 Å². The highest BCUT2D eigenvalue weighted by atomic mass is 32.1. The van der Waals surface area contributed by atoms with Crippen LogP contribution in [0.5, 0.6) is 0 Å². The van der Waals surface area contributed by atoms with Crippen molar-refractivity contribution in [3.05, 3.63) is 34.7 Å². The van der Waals surface area contributed by atoms with E-state index >= 15 is 0 Å². The first kappa shape index (κ1) is 9.41. The fourth-order valence-electron chi connectivity index (χ4n) is 1.76. The van der Waals surface area contributed by atoms with Gasteiger partial charge in [0.1, 0.15) is 0 Å². The molecule has 0 bridgehead atoms. The summed E-state index contributed by atoms with van der Waals surface area (Å²) in [5.41, 5.74) is 6.50. The molecule has 0 aliphatic carbocycles. The molecule has 6 heteroatoms. The Hall–Kier alpha value is -1.82. The lowest BCUT2D eigenvalue weighted by Gasteiger charge is -2.12. The number of furan rings is 1. The summed E-state index contributed by atoms with van der Waals surface area (Å²) < 4.78 is 5.07. The maximum Gasteiger partial charge on any atom is 0.290 e. The van der Waals surface area contributed by atoms with Crippen molar-refractivity contribution in [3.63, 3.8) is 0 Å². The molecule has 0 aromatic carbocycles. The molecule has 1 amide bonds. The second-order valence-corrected chi connectivity index (χ2v) is 4.68. The lowest BCUT2D eigenvalue weighted by molar-refractivity contribution is 0.0719. The minimum absolute atomic E-state index is 0.103. The van der Waals surface area contributed by atoms with Gasteiger partial charge in [0.25, 0.3) is 5.91 Å². The standard InChI is InChI=1S/C10H9N3O2S/c11-10-12-6-4-13(5-8(6)16-10)9(14)7-2-1-3-15-7/h1-3H,4-5H2,(H2,11,12). The van der Waals surface area contributed by atoms with E-state index in [-0.39, 0.29) is 5.91 Å². The van der Waals surface area contributed by atoms with Crippen molar-refractivity contribution in [2.24, 2.45) is 0 Å². The van der Waals surface area contributed by atoms with Gasteiger partial charge in [0.15, 0.2) is 10.9 Å². The number of nitrogens with zero attached hydrogens (tertiary/aromatic N) is 2. The molecule has 2 N–H and O–H groups in total. The molecule has 3 heterocycles. The van der Waals surface area contributed by atoms with Crippen molar-refractivity contribution in [1.29, 1.82) is 0 Å². The van der Waals surface area contributed by atoms with Gasteiger partial charge in [0.05, 0.1) is 29.9 Å². The third-order valence-corrected chi connectivity index (χ3v) is 3.40. The van der Waals surface area contributed by atoms with E-state index < -0.39 is 0 Å². The Kier molecular flexibility index (Phi) is 1.97. The molecule has 0 fully saturated rings. The Morgan fingerprint density at radius 2 is 2.44 bits per heavy atom. The van der Waals surface area contributed by atoms with E-state index in [0.29, 0.717) is 24.0 Å². The molecule has 2 aromatic heterocycles. The molecule has 2 aromatic rings. The molecule has 3 rings (SSSR count). The number of carbonyl (C=O) groups excluding carboxylic acids is 1. The van der Waals surface area contributed by atoms with Gasteiger partial charge in [-0.25, -0.2) is 4.98 Å². The van der Waals surface area contributed by atoms with Crippen molar-refractivity contribution in [3.8, 4) is 0 Å². The number of carbonyl (C=O) groups is 1. The van der Waals surface area contributed by atoms with E-state index in [0.717, 1.165) is 10.6 Å². The zero-order valence-corrected chi connectivity index (χ0v) is 9.16. The van der Waals surface area contributed by atoms with Crippen LogP contribution in [0.25, 0.3) is 0 Å². The summed E-state index contributed by atoms with van der Waals surface area (Å²) in [5, 5.41) is 0.565. The summed E-state index contributed by atoms with van der Waals surface area (Å²) in [6.07, 6.45) is 1.50. The summed E-state index contributed by atoms with van der Waals surface area (Å²) in [5.74, 6) is 0.261. The van der Waals surface area contributed by atoms with Gasteiger partial charge in [-0.3, -0.25) is 4.79 Å². The van der Waals surface area contributed by atoms with Crippen LogP contribution in [0, 0.1) is 0 Å². The number of rotatable bonds is 1. The summed E-state index contributed by atoms with van der Waals surface area (Å²) in [4.78, 5) is 18.9.